The van der Waals surface area contributed by atoms with Crippen molar-refractivity contribution in [2.75, 3.05) is 45.7 Å². The number of hydrogen-bond donors (Lipinski definition) is 1. The second-order valence-corrected chi connectivity index (χ2v) is 4.39. The molecule has 0 amide bonds. The van der Waals surface area contributed by atoms with Crippen molar-refractivity contribution in [3.8, 4) is 0 Å². The molecule has 0 aromatic carbocycles. The molecule has 0 aliphatic rings. The zero-order chi connectivity index (χ0) is 12.7. The Bertz CT molecular complexity index is 309. The Morgan fingerprint density at radius 1 is 1.12 bits per heavy atom. The fourth-order valence-electron chi connectivity index (χ4n) is 1.37. The van der Waals surface area contributed by atoms with Crippen LogP contribution in [-0.4, -0.2) is 55.9 Å². The van der Waals surface area contributed by atoms with Crippen LogP contribution in [0.4, 0.5) is 5.82 Å². The molecule has 1 heterocycles. The summed E-state index contributed by atoms with van der Waals surface area (Å²) in [5, 5.41) is 11.7. The highest BCUT2D eigenvalue weighted by molar-refractivity contribution is 5.35. The molecular formula is C12H23N5. The third kappa shape index (κ3) is 5.10. The lowest BCUT2D eigenvalue weighted by Gasteiger charge is -2.20. The molecular weight excluding hydrogens is 214 g/mol. The minimum atomic E-state index is 0.783. The van der Waals surface area contributed by atoms with Crippen LogP contribution in [0.2, 0.25) is 0 Å². The van der Waals surface area contributed by atoms with Gasteiger partial charge in [-0.3, -0.25) is 0 Å². The molecule has 1 N–H and O–H groups in total. The van der Waals surface area contributed by atoms with Crippen LogP contribution in [0.15, 0.2) is 12.1 Å². The van der Waals surface area contributed by atoms with Gasteiger partial charge < -0.3 is 15.1 Å². The van der Waals surface area contributed by atoms with Gasteiger partial charge >= 0.3 is 0 Å². The third-order valence-corrected chi connectivity index (χ3v) is 2.54. The predicted octanol–water partition coefficient (Wildman–Crippen LogP) is 0.584. The zero-order valence-electron chi connectivity index (χ0n) is 11.3. The van der Waals surface area contributed by atoms with Crippen molar-refractivity contribution in [3.05, 3.63) is 17.8 Å². The molecule has 0 bridgehead atoms. The zero-order valence-corrected chi connectivity index (χ0v) is 11.3. The van der Waals surface area contributed by atoms with E-state index < -0.39 is 0 Å². The van der Waals surface area contributed by atoms with Crippen LogP contribution in [-0.2, 0) is 6.54 Å². The number of likely N-dealkylation sites (N-methyl/N-ethyl adjacent to an activating group) is 2. The number of anilines is 1. The molecule has 17 heavy (non-hydrogen) atoms. The molecule has 0 atom stereocenters. The first-order valence-electron chi connectivity index (χ1n) is 6.02. The average molecular weight is 237 g/mol. The standard InChI is InChI=1S/C12H23N5/c1-5-13-10-11-6-7-12(15-14-11)17(4)9-8-16(2)3/h6-7,13H,5,8-10H2,1-4H3. The van der Waals surface area contributed by atoms with Gasteiger partial charge in [0.2, 0.25) is 0 Å². The first-order valence-corrected chi connectivity index (χ1v) is 6.02. The van der Waals surface area contributed by atoms with Gasteiger partial charge in [0, 0.05) is 26.7 Å². The van der Waals surface area contributed by atoms with Crippen molar-refractivity contribution >= 4 is 5.82 Å². The van der Waals surface area contributed by atoms with Gasteiger partial charge in [-0.15, -0.1) is 5.10 Å². The first-order chi connectivity index (χ1) is 8.13. The van der Waals surface area contributed by atoms with E-state index >= 15 is 0 Å². The summed E-state index contributed by atoms with van der Waals surface area (Å²) in [4.78, 5) is 4.27. The van der Waals surface area contributed by atoms with Gasteiger partial charge in [0.15, 0.2) is 5.82 Å². The molecule has 1 rings (SSSR count). The van der Waals surface area contributed by atoms with Gasteiger partial charge in [-0.05, 0) is 32.8 Å². The van der Waals surface area contributed by atoms with Crippen LogP contribution in [0.3, 0.4) is 0 Å². The van der Waals surface area contributed by atoms with E-state index in [1.807, 2.05) is 19.2 Å². The van der Waals surface area contributed by atoms with Crippen molar-refractivity contribution in [2.24, 2.45) is 0 Å². The van der Waals surface area contributed by atoms with Crippen LogP contribution in [0, 0.1) is 0 Å². The Labute approximate surface area is 104 Å². The van der Waals surface area contributed by atoms with E-state index in [0.717, 1.165) is 37.7 Å². The lowest BCUT2D eigenvalue weighted by Crippen LogP contribution is -2.29. The lowest BCUT2D eigenvalue weighted by molar-refractivity contribution is 0.416. The van der Waals surface area contributed by atoms with Gasteiger partial charge in [0.1, 0.15) is 0 Å². The second-order valence-electron chi connectivity index (χ2n) is 4.39. The van der Waals surface area contributed by atoms with Gasteiger partial charge in [-0.1, -0.05) is 6.92 Å². The van der Waals surface area contributed by atoms with E-state index in [2.05, 4.69) is 46.3 Å². The van der Waals surface area contributed by atoms with Crippen molar-refractivity contribution in [2.45, 2.75) is 13.5 Å². The Morgan fingerprint density at radius 3 is 2.41 bits per heavy atom. The van der Waals surface area contributed by atoms with E-state index in [0.29, 0.717) is 0 Å². The normalized spacial score (nSPS) is 10.9. The van der Waals surface area contributed by atoms with Crippen molar-refractivity contribution in [1.82, 2.24) is 20.4 Å². The summed E-state index contributed by atoms with van der Waals surface area (Å²) < 4.78 is 0. The summed E-state index contributed by atoms with van der Waals surface area (Å²) in [6.45, 7) is 5.78. The Morgan fingerprint density at radius 2 is 1.88 bits per heavy atom. The van der Waals surface area contributed by atoms with Crippen LogP contribution in [0.25, 0.3) is 0 Å². The number of nitrogens with one attached hydrogen (secondary N) is 1. The molecule has 0 radical (unpaired) electrons. The smallest absolute Gasteiger partial charge is 0.151 e. The van der Waals surface area contributed by atoms with Gasteiger partial charge in [0.25, 0.3) is 0 Å². The predicted molar refractivity (Wildman–Crippen MR) is 71.2 cm³/mol. The molecule has 0 fully saturated rings. The molecule has 0 unspecified atom stereocenters. The van der Waals surface area contributed by atoms with Crippen LogP contribution in [0.1, 0.15) is 12.6 Å². The summed E-state index contributed by atoms with van der Waals surface area (Å²) >= 11 is 0. The lowest BCUT2D eigenvalue weighted by atomic mass is 10.3. The number of aromatic nitrogens is 2. The van der Waals surface area contributed by atoms with Crippen LogP contribution in [0.5, 0.6) is 0 Å². The van der Waals surface area contributed by atoms with Crippen molar-refractivity contribution < 1.29 is 0 Å². The highest BCUT2D eigenvalue weighted by atomic mass is 15.3. The summed E-state index contributed by atoms with van der Waals surface area (Å²) in [5.74, 6) is 0.923. The van der Waals surface area contributed by atoms with Gasteiger partial charge in [-0.2, -0.15) is 5.10 Å². The van der Waals surface area contributed by atoms with E-state index in [4.69, 9.17) is 0 Å². The number of hydrogen-bond acceptors (Lipinski definition) is 5. The maximum atomic E-state index is 4.23. The molecule has 0 aliphatic heterocycles. The molecule has 0 saturated carbocycles. The van der Waals surface area contributed by atoms with Crippen molar-refractivity contribution in [1.29, 1.82) is 0 Å². The van der Waals surface area contributed by atoms with E-state index in [1.54, 1.807) is 0 Å². The van der Waals surface area contributed by atoms with Gasteiger partial charge in [-0.25, -0.2) is 0 Å². The minimum absolute atomic E-state index is 0.783. The molecule has 1 aromatic heterocycles. The second kappa shape index (κ2) is 7.19. The average Bonchev–Trinajstić information content (AvgIpc) is 2.34. The van der Waals surface area contributed by atoms with E-state index in [9.17, 15) is 0 Å². The SMILES string of the molecule is CCNCc1ccc(N(C)CCN(C)C)nn1. The van der Waals surface area contributed by atoms with Gasteiger partial charge in [0.05, 0.1) is 5.69 Å². The molecule has 1 aromatic rings. The van der Waals surface area contributed by atoms with E-state index in [1.165, 1.54) is 0 Å². The summed E-state index contributed by atoms with van der Waals surface area (Å²) in [5.41, 5.74) is 0.983. The highest BCUT2D eigenvalue weighted by Crippen LogP contribution is 2.06. The summed E-state index contributed by atoms with van der Waals surface area (Å²) in [6, 6.07) is 4.05. The Kier molecular flexibility index (Phi) is 5.86. The first kappa shape index (κ1) is 13.9. The maximum absolute atomic E-state index is 4.23. The van der Waals surface area contributed by atoms with Crippen LogP contribution < -0.4 is 10.2 Å². The monoisotopic (exact) mass is 237 g/mol. The number of rotatable bonds is 7. The largest absolute Gasteiger partial charge is 0.357 e. The molecule has 0 aliphatic carbocycles. The quantitative estimate of drug-likeness (QED) is 0.751. The number of nitrogens with zero attached hydrogens (tertiary/aromatic N) is 4. The minimum Gasteiger partial charge on any atom is -0.357 e. The summed E-state index contributed by atoms with van der Waals surface area (Å²) in [6.07, 6.45) is 0. The fourth-order valence-corrected chi connectivity index (χ4v) is 1.37. The fraction of sp³-hybridized carbons (Fsp3) is 0.667. The Hall–Kier alpha value is -1.20. The topological polar surface area (TPSA) is 44.3 Å². The Balaban J connectivity index is 2.48. The highest BCUT2D eigenvalue weighted by Gasteiger charge is 2.03. The molecule has 96 valence electrons. The van der Waals surface area contributed by atoms with Crippen LogP contribution >= 0.6 is 0 Å². The molecule has 0 spiro atoms. The summed E-state index contributed by atoms with van der Waals surface area (Å²) in [7, 11) is 6.18. The molecule has 5 nitrogen and oxygen atoms in total. The third-order valence-electron chi connectivity index (χ3n) is 2.54. The maximum Gasteiger partial charge on any atom is 0.151 e. The van der Waals surface area contributed by atoms with Crippen molar-refractivity contribution in [3.63, 3.8) is 0 Å². The molecule has 5 heteroatoms. The van der Waals surface area contributed by atoms with E-state index in [-0.39, 0.29) is 0 Å². The molecule has 0 saturated heterocycles.